The number of carbonyl (C=O) groups excluding carboxylic acids is 1. The number of carbonyl (C=O) groups is 1. The molecule has 0 N–H and O–H groups in total. The molecule has 0 saturated heterocycles. The van der Waals surface area contributed by atoms with Crippen molar-refractivity contribution in [1.82, 2.24) is 14.8 Å². The normalized spacial score (nSPS) is 32.2. The number of nitrogens with zero attached hydrogens (tertiary/aromatic N) is 4. The summed E-state index contributed by atoms with van der Waals surface area (Å²) < 4.78 is 29.5. The van der Waals surface area contributed by atoms with Crippen molar-refractivity contribution < 1.29 is 13.6 Å². The van der Waals surface area contributed by atoms with Crippen LogP contribution in [-0.4, -0.2) is 26.9 Å². The van der Waals surface area contributed by atoms with E-state index in [1.165, 1.54) is 35.7 Å². The van der Waals surface area contributed by atoms with Crippen LogP contribution in [0.4, 0.5) is 8.78 Å². The van der Waals surface area contributed by atoms with E-state index in [2.05, 4.69) is 20.9 Å². The zero-order valence-electron chi connectivity index (χ0n) is 16.0. The fourth-order valence-corrected chi connectivity index (χ4v) is 5.81. The summed E-state index contributed by atoms with van der Waals surface area (Å²) in [6.07, 6.45) is 9.05. The fourth-order valence-electron chi connectivity index (χ4n) is 5.81. The lowest BCUT2D eigenvalue weighted by molar-refractivity contribution is -0.223. The van der Waals surface area contributed by atoms with Gasteiger partial charge in [0.05, 0.1) is 11.5 Å². The molecule has 1 atom stereocenters. The average Bonchev–Trinajstić information content (AvgIpc) is 3.15. The van der Waals surface area contributed by atoms with Gasteiger partial charge in [0.2, 0.25) is 5.91 Å². The van der Waals surface area contributed by atoms with Gasteiger partial charge in [0, 0.05) is 43.1 Å². The molecule has 2 bridgehead atoms. The average molecular weight is 396 g/mol. The molecule has 5 nitrogen and oxygen atoms in total. The Morgan fingerprint density at radius 3 is 2.55 bits per heavy atom. The maximum absolute atomic E-state index is 13.7. The highest BCUT2D eigenvalue weighted by Gasteiger charge is 2.72. The molecule has 29 heavy (non-hydrogen) atoms. The molecule has 4 saturated carbocycles. The van der Waals surface area contributed by atoms with Gasteiger partial charge in [0.25, 0.3) is 0 Å². The smallest absolute Gasteiger partial charge is 0.249 e. The van der Waals surface area contributed by atoms with Crippen LogP contribution in [0.2, 0.25) is 0 Å². The number of hydrazone groups is 1. The number of halogens is 2. The molecule has 1 aliphatic heterocycles. The van der Waals surface area contributed by atoms with Gasteiger partial charge >= 0.3 is 0 Å². The predicted octanol–water partition coefficient (Wildman–Crippen LogP) is 4.17. The van der Waals surface area contributed by atoms with E-state index >= 15 is 0 Å². The molecule has 2 heterocycles. The first-order valence-electron chi connectivity index (χ1n) is 10.3. The molecule has 7 heteroatoms. The molecule has 150 valence electrons. The fraction of sp³-hybridized carbons (Fsp3) is 0.500. The van der Waals surface area contributed by atoms with Gasteiger partial charge < -0.3 is 0 Å². The lowest BCUT2D eigenvalue weighted by Crippen LogP contribution is -2.68. The van der Waals surface area contributed by atoms with Crippen molar-refractivity contribution in [2.75, 3.05) is 0 Å². The minimum atomic E-state index is -0.630. The highest BCUT2D eigenvalue weighted by atomic mass is 19.1. The van der Waals surface area contributed by atoms with Gasteiger partial charge in [-0.15, -0.1) is 0 Å². The maximum atomic E-state index is 13.7. The van der Waals surface area contributed by atoms with Crippen molar-refractivity contribution >= 4 is 12.1 Å². The largest absolute Gasteiger partial charge is 0.272 e. The Balaban J connectivity index is 1.16. The lowest BCUT2D eigenvalue weighted by Gasteiger charge is -2.69. The van der Waals surface area contributed by atoms with Gasteiger partial charge in [-0.25, -0.2) is 13.8 Å². The van der Waals surface area contributed by atoms with E-state index in [0.717, 1.165) is 31.9 Å². The van der Waals surface area contributed by atoms with Gasteiger partial charge in [-0.2, -0.15) is 10.2 Å². The first-order chi connectivity index (χ1) is 14.0. The molecule has 4 fully saturated rings. The molecule has 1 unspecified atom stereocenters. The van der Waals surface area contributed by atoms with E-state index in [1.807, 2.05) is 6.20 Å². The zero-order chi connectivity index (χ0) is 19.8. The summed E-state index contributed by atoms with van der Waals surface area (Å²) in [6, 6.07) is 5.13. The first-order valence-corrected chi connectivity index (χ1v) is 10.3. The van der Waals surface area contributed by atoms with E-state index in [0.29, 0.717) is 17.9 Å². The Morgan fingerprint density at radius 2 is 1.86 bits per heavy atom. The van der Waals surface area contributed by atoms with Crippen LogP contribution in [0.1, 0.15) is 61.7 Å². The number of hydrogen-bond donors (Lipinski definition) is 0. The molecule has 1 amide bonds. The Morgan fingerprint density at radius 1 is 1.14 bits per heavy atom. The molecule has 0 spiro atoms. The minimum Gasteiger partial charge on any atom is -0.272 e. The second-order valence-corrected chi connectivity index (χ2v) is 9.40. The lowest BCUT2D eigenvalue weighted by atomic mass is 9.34. The molecule has 1 aromatic carbocycles. The third-order valence-electron chi connectivity index (χ3n) is 7.13. The Hall–Kier alpha value is -2.57. The van der Waals surface area contributed by atoms with Crippen LogP contribution in [0.15, 0.2) is 35.6 Å². The highest BCUT2D eigenvalue weighted by molar-refractivity contribution is 5.88. The minimum absolute atomic E-state index is 0.00863. The summed E-state index contributed by atoms with van der Waals surface area (Å²) in [5.41, 5.74) is 1.58. The molecule has 5 aliphatic rings. The number of aromatic nitrogens is 2. The Bertz CT molecular complexity index is 1000. The standard InChI is InChI=1S/C22H22F2N4O/c23-16-7-15(8-17(24)9-16)19-4-6-26-28(19)20(29)22-10-21(11-22,12-22)13-27-18(3-5-25-27)14-1-2-14/h3,5-9,14,19H,1-2,4,10-13H2. The molecule has 7 rings (SSSR count). The van der Waals surface area contributed by atoms with Crippen LogP contribution in [-0.2, 0) is 11.3 Å². The number of benzene rings is 1. The second kappa shape index (κ2) is 5.74. The molecule has 1 aromatic heterocycles. The van der Waals surface area contributed by atoms with Gasteiger partial charge in [-0.05, 0) is 61.3 Å². The third kappa shape index (κ3) is 2.59. The van der Waals surface area contributed by atoms with E-state index in [4.69, 9.17) is 0 Å². The number of rotatable bonds is 5. The summed E-state index contributed by atoms with van der Waals surface area (Å²) in [7, 11) is 0. The summed E-state index contributed by atoms with van der Waals surface area (Å²) in [4.78, 5) is 13.3. The van der Waals surface area contributed by atoms with Crippen molar-refractivity contribution in [2.24, 2.45) is 15.9 Å². The predicted molar refractivity (Wildman–Crippen MR) is 102 cm³/mol. The Kier molecular flexibility index (Phi) is 3.42. The van der Waals surface area contributed by atoms with Crippen LogP contribution in [0.5, 0.6) is 0 Å². The molecule has 4 aliphatic carbocycles. The summed E-state index contributed by atoms with van der Waals surface area (Å²) in [5, 5.41) is 10.2. The third-order valence-corrected chi connectivity index (χ3v) is 7.13. The Labute approximate surface area is 167 Å². The summed E-state index contributed by atoms with van der Waals surface area (Å²) >= 11 is 0. The zero-order valence-corrected chi connectivity index (χ0v) is 16.0. The first kappa shape index (κ1) is 17.3. The van der Waals surface area contributed by atoms with E-state index < -0.39 is 17.7 Å². The summed E-state index contributed by atoms with van der Waals surface area (Å²) in [5.74, 6) is -0.610. The van der Waals surface area contributed by atoms with Crippen LogP contribution in [0.25, 0.3) is 0 Å². The van der Waals surface area contributed by atoms with E-state index in [9.17, 15) is 13.6 Å². The van der Waals surface area contributed by atoms with Crippen molar-refractivity contribution in [2.45, 2.75) is 57.0 Å². The van der Waals surface area contributed by atoms with Crippen molar-refractivity contribution in [3.63, 3.8) is 0 Å². The van der Waals surface area contributed by atoms with Crippen LogP contribution in [0.3, 0.4) is 0 Å². The van der Waals surface area contributed by atoms with Crippen LogP contribution < -0.4 is 0 Å². The highest BCUT2D eigenvalue weighted by Crippen LogP contribution is 2.74. The molecule has 0 radical (unpaired) electrons. The number of hydrogen-bond acceptors (Lipinski definition) is 3. The SMILES string of the molecule is O=C(N1N=CCC1c1cc(F)cc(F)c1)C12CC(Cn3nccc3C3CC3)(C1)C2. The van der Waals surface area contributed by atoms with E-state index in [1.54, 1.807) is 6.21 Å². The van der Waals surface area contributed by atoms with Crippen molar-refractivity contribution in [3.05, 3.63) is 53.4 Å². The van der Waals surface area contributed by atoms with Gasteiger partial charge in [0.15, 0.2) is 0 Å². The number of amides is 1. The molecule has 2 aromatic rings. The summed E-state index contributed by atoms with van der Waals surface area (Å²) in [6.45, 7) is 0.878. The van der Waals surface area contributed by atoms with Crippen molar-refractivity contribution in [1.29, 1.82) is 0 Å². The quantitative estimate of drug-likeness (QED) is 0.762. The topological polar surface area (TPSA) is 50.5 Å². The van der Waals surface area contributed by atoms with Crippen LogP contribution in [0, 0.1) is 22.5 Å². The molecular weight excluding hydrogens is 374 g/mol. The molecular formula is C22H22F2N4O. The van der Waals surface area contributed by atoms with Gasteiger partial charge in [0.1, 0.15) is 11.6 Å². The van der Waals surface area contributed by atoms with Crippen LogP contribution >= 0.6 is 0 Å². The van der Waals surface area contributed by atoms with Gasteiger partial charge in [-0.1, -0.05) is 0 Å². The monoisotopic (exact) mass is 396 g/mol. The maximum Gasteiger partial charge on any atom is 0.249 e. The van der Waals surface area contributed by atoms with Crippen molar-refractivity contribution in [3.8, 4) is 0 Å². The van der Waals surface area contributed by atoms with Gasteiger partial charge in [-0.3, -0.25) is 9.48 Å². The second-order valence-electron chi connectivity index (χ2n) is 9.40. The van der Waals surface area contributed by atoms with E-state index in [-0.39, 0.29) is 16.7 Å².